The Bertz CT molecular complexity index is 800. The number of piperazine rings is 1. The maximum Gasteiger partial charge on any atom is 0.260 e. The van der Waals surface area contributed by atoms with Crippen molar-refractivity contribution in [1.82, 2.24) is 9.80 Å². The number of halogens is 1. The lowest BCUT2D eigenvalue weighted by Crippen LogP contribution is -2.49. The van der Waals surface area contributed by atoms with Gasteiger partial charge < -0.3 is 9.64 Å². The van der Waals surface area contributed by atoms with Gasteiger partial charge in [-0.1, -0.05) is 35.9 Å². The summed E-state index contributed by atoms with van der Waals surface area (Å²) in [6.45, 7) is 5.64. The first-order chi connectivity index (χ1) is 13.1. The normalized spacial score (nSPS) is 14.8. The van der Waals surface area contributed by atoms with Gasteiger partial charge in [-0.2, -0.15) is 0 Å². The molecule has 1 aliphatic rings. The molecule has 2 aromatic carbocycles. The van der Waals surface area contributed by atoms with Crippen LogP contribution in [-0.4, -0.2) is 54.8 Å². The van der Waals surface area contributed by atoms with Crippen molar-refractivity contribution in [3.05, 3.63) is 64.2 Å². The van der Waals surface area contributed by atoms with Crippen LogP contribution in [0.1, 0.15) is 21.5 Å². The van der Waals surface area contributed by atoms with E-state index in [4.69, 9.17) is 16.3 Å². The van der Waals surface area contributed by atoms with Crippen LogP contribution in [0.2, 0.25) is 5.02 Å². The van der Waals surface area contributed by atoms with Crippen molar-refractivity contribution in [1.29, 1.82) is 0 Å². The average molecular weight is 387 g/mol. The fourth-order valence-corrected chi connectivity index (χ4v) is 3.32. The zero-order valence-corrected chi connectivity index (χ0v) is 16.1. The van der Waals surface area contributed by atoms with E-state index in [0.29, 0.717) is 24.4 Å². The van der Waals surface area contributed by atoms with E-state index in [-0.39, 0.29) is 12.5 Å². The Morgan fingerprint density at radius 3 is 2.48 bits per heavy atom. The molecule has 0 spiro atoms. The Kier molecular flexibility index (Phi) is 6.48. The fourth-order valence-electron chi connectivity index (χ4n) is 3.19. The molecule has 6 heteroatoms. The summed E-state index contributed by atoms with van der Waals surface area (Å²) in [6, 6.07) is 13.2. The van der Waals surface area contributed by atoms with Crippen LogP contribution in [0.3, 0.4) is 0 Å². The molecular weight excluding hydrogens is 364 g/mol. The number of aryl methyl sites for hydroxylation is 1. The summed E-state index contributed by atoms with van der Waals surface area (Å²) in [5.41, 5.74) is 2.53. The van der Waals surface area contributed by atoms with E-state index in [9.17, 15) is 9.59 Å². The monoisotopic (exact) mass is 386 g/mol. The Hall–Kier alpha value is -2.37. The zero-order chi connectivity index (χ0) is 19.2. The summed E-state index contributed by atoms with van der Waals surface area (Å²) < 4.78 is 5.66. The molecule has 2 aromatic rings. The number of carbonyl (C=O) groups excluding carboxylic acids is 2. The molecule has 0 unspecified atom stereocenters. The van der Waals surface area contributed by atoms with Crippen molar-refractivity contribution < 1.29 is 14.3 Å². The van der Waals surface area contributed by atoms with Gasteiger partial charge in [0.15, 0.2) is 12.9 Å². The summed E-state index contributed by atoms with van der Waals surface area (Å²) in [5, 5.41) is 0.737. The molecule has 1 aliphatic heterocycles. The topological polar surface area (TPSA) is 49.9 Å². The predicted molar refractivity (Wildman–Crippen MR) is 105 cm³/mol. The van der Waals surface area contributed by atoms with E-state index in [0.717, 1.165) is 36.5 Å². The Morgan fingerprint density at radius 1 is 1.11 bits per heavy atom. The maximum absolute atomic E-state index is 12.5. The van der Waals surface area contributed by atoms with Gasteiger partial charge in [-0.15, -0.1) is 0 Å². The molecule has 0 aliphatic carbocycles. The molecule has 3 rings (SSSR count). The van der Waals surface area contributed by atoms with Crippen molar-refractivity contribution in [3.8, 4) is 5.75 Å². The van der Waals surface area contributed by atoms with Crippen molar-refractivity contribution in [2.24, 2.45) is 0 Å². The number of hydrogen-bond donors (Lipinski definition) is 0. The number of nitrogens with zero attached hydrogens (tertiary/aromatic N) is 2. The highest BCUT2D eigenvalue weighted by Gasteiger charge is 2.22. The lowest BCUT2D eigenvalue weighted by Gasteiger charge is -2.34. The minimum Gasteiger partial charge on any atom is -0.483 e. The van der Waals surface area contributed by atoms with Gasteiger partial charge >= 0.3 is 0 Å². The highest BCUT2D eigenvalue weighted by Crippen LogP contribution is 2.22. The molecule has 0 bridgehead atoms. The number of hydrogen-bond acceptors (Lipinski definition) is 4. The number of rotatable bonds is 6. The van der Waals surface area contributed by atoms with E-state index < -0.39 is 0 Å². The smallest absolute Gasteiger partial charge is 0.260 e. The molecule has 0 aromatic heterocycles. The van der Waals surface area contributed by atoms with Crippen LogP contribution in [0, 0.1) is 6.92 Å². The van der Waals surface area contributed by atoms with Crippen molar-refractivity contribution in [2.75, 3.05) is 32.8 Å². The highest BCUT2D eigenvalue weighted by molar-refractivity contribution is 6.30. The first kappa shape index (κ1) is 19.4. The summed E-state index contributed by atoms with van der Waals surface area (Å²) >= 11 is 5.92. The first-order valence-electron chi connectivity index (χ1n) is 8.99. The number of aldehydes is 1. The largest absolute Gasteiger partial charge is 0.483 e. The Morgan fingerprint density at radius 2 is 1.81 bits per heavy atom. The van der Waals surface area contributed by atoms with Gasteiger partial charge in [0.2, 0.25) is 0 Å². The molecule has 142 valence electrons. The molecular formula is C21H23ClN2O3. The SMILES string of the molecule is Cc1cccc(C=O)c1OCC(=O)N1CCN(Cc2ccc(Cl)cc2)CC1. The van der Waals surface area contributed by atoms with Crippen LogP contribution < -0.4 is 4.74 Å². The maximum atomic E-state index is 12.5. The highest BCUT2D eigenvalue weighted by atomic mass is 35.5. The van der Waals surface area contributed by atoms with Crippen molar-refractivity contribution in [3.63, 3.8) is 0 Å². The third-order valence-electron chi connectivity index (χ3n) is 4.75. The lowest BCUT2D eigenvalue weighted by molar-refractivity contribution is -0.135. The first-order valence-corrected chi connectivity index (χ1v) is 9.37. The summed E-state index contributed by atoms with van der Waals surface area (Å²) in [4.78, 5) is 27.7. The van der Waals surface area contributed by atoms with E-state index in [1.807, 2.05) is 42.2 Å². The molecule has 0 radical (unpaired) electrons. The summed E-state index contributed by atoms with van der Waals surface area (Å²) in [7, 11) is 0. The van der Waals surface area contributed by atoms with Gasteiger partial charge in [-0.3, -0.25) is 14.5 Å². The van der Waals surface area contributed by atoms with Gasteiger partial charge in [0.1, 0.15) is 5.75 Å². The van der Waals surface area contributed by atoms with Crippen LogP contribution in [0.4, 0.5) is 0 Å². The Balaban J connectivity index is 1.49. The van der Waals surface area contributed by atoms with Gasteiger partial charge in [0, 0.05) is 37.7 Å². The van der Waals surface area contributed by atoms with Crippen LogP contribution in [0.15, 0.2) is 42.5 Å². The second kappa shape index (κ2) is 9.02. The molecule has 5 nitrogen and oxygen atoms in total. The lowest BCUT2D eigenvalue weighted by atomic mass is 10.1. The number of carbonyl (C=O) groups is 2. The van der Waals surface area contributed by atoms with Gasteiger partial charge in [-0.25, -0.2) is 0 Å². The molecule has 1 amide bonds. The van der Waals surface area contributed by atoms with Gasteiger partial charge in [0.05, 0.1) is 5.56 Å². The number of amides is 1. The number of ether oxygens (including phenoxy) is 1. The molecule has 0 saturated carbocycles. The molecule has 1 fully saturated rings. The number of benzene rings is 2. The minimum atomic E-state index is -0.0544. The van der Waals surface area contributed by atoms with Crippen molar-refractivity contribution >= 4 is 23.8 Å². The summed E-state index contributed by atoms with van der Waals surface area (Å²) in [6.07, 6.45) is 0.752. The third-order valence-corrected chi connectivity index (χ3v) is 5.01. The van der Waals surface area contributed by atoms with Crippen LogP contribution in [0.25, 0.3) is 0 Å². The fraction of sp³-hybridized carbons (Fsp3) is 0.333. The van der Waals surface area contributed by atoms with Crippen molar-refractivity contribution in [2.45, 2.75) is 13.5 Å². The molecule has 0 N–H and O–H groups in total. The molecule has 0 atom stereocenters. The average Bonchev–Trinajstić information content (AvgIpc) is 2.69. The second-order valence-electron chi connectivity index (χ2n) is 6.68. The number of para-hydroxylation sites is 1. The van der Waals surface area contributed by atoms with Crippen LogP contribution in [-0.2, 0) is 11.3 Å². The van der Waals surface area contributed by atoms with E-state index in [1.54, 1.807) is 12.1 Å². The van der Waals surface area contributed by atoms with Gasteiger partial charge in [-0.05, 0) is 36.2 Å². The molecule has 1 heterocycles. The third kappa shape index (κ3) is 5.08. The zero-order valence-electron chi connectivity index (χ0n) is 15.4. The standard InChI is InChI=1S/C21H23ClN2O3/c1-16-3-2-4-18(14-25)21(16)27-15-20(26)24-11-9-23(10-12-24)13-17-5-7-19(22)8-6-17/h2-8,14H,9-13,15H2,1H3. The van der Waals surface area contributed by atoms with E-state index in [1.165, 1.54) is 5.56 Å². The van der Waals surface area contributed by atoms with Crippen LogP contribution >= 0.6 is 11.6 Å². The predicted octanol–water partition coefficient (Wildman–Crippen LogP) is 3.18. The van der Waals surface area contributed by atoms with Crippen LogP contribution in [0.5, 0.6) is 5.75 Å². The van der Waals surface area contributed by atoms with Gasteiger partial charge in [0.25, 0.3) is 5.91 Å². The van der Waals surface area contributed by atoms with E-state index in [2.05, 4.69) is 4.90 Å². The molecule has 27 heavy (non-hydrogen) atoms. The second-order valence-corrected chi connectivity index (χ2v) is 7.12. The summed E-state index contributed by atoms with van der Waals surface area (Å²) in [5.74, 6) is 0.434. The minimum absolute atomic E-state index is 0.0527. The quantitative estimate of drug-likeness (QED) is 0.715. The molecule has 1 saturated heterocycles. The Labute approximate surface area is 164 Å². The van der Waals surface area contributed by atoms with E-state index >= 15 is 0 Å².